The van der Waals surface area contributed by atoms with Crippen molar-refractivity contribution >= 4 is 15.3 Å². The molecule has 0 heterocycles. The van der Waals surface area contributed by atoms with Crippen molar-refractivity contribution in [3.63, 3.8) is 0 Å². The number of hydrogen-bond acceptors (Lipinski definition) is 1. The molecule has 0 saturated heterocycles. The van der Waals surface area contributed by atoms with Crippen LogP contribution in [-0.2, 0) is 4.43 Å². The minimum absolute atomic E-state index is 0.638. The summed E-state index contributed by atoms with van der Waals surface area (Å²) in [5.41, 5.74) is 8.98. The number of benzene rings is 2. The third kappa shape index (κ3) is 4.42. The molecule has 0 fully saturated rings. The van der Waals surface area contributed by atoms with E-state index in [0.29, 0.717) is 0 Å². The standard InChI is InChI=1S/C20H26OSi/c1-4-5-14-21-22-15-20(18-12-8-6-10-16(18)2)19-13-9-7-11-17(19)3/h6-13,15H,4-5,14,22H2,1-3H3. The SMILES string of the molecule is CCCCO[SiH2]C=C(c1ccccc1C)c1ccccc1C. The van der Waals surface area contributed by atoms with Gasteiger partial charge in [-0.2, -0.15) is 0 Å². The van der Waals surface area contributed by atoms with Crippen LogP contribution in [-0.4, -0.2) is 16.4 Å². The molecule has 0 unspecified atom stereocenters. The molecule has 2 rings (SSSR count). The monoisotopic (exact) mass is 310 g/mol. The first-order valence-corrected chi connectivity index (χ1v) is 9.53. The number of rotatable bonds is 7. The van der Waals surface area contributed by atoms with Crippen molar-refractivity contribution in [1.82, 2.24) is 0 Å². The summed E-state index contributed by atoms with van der Waals surface area (Å²) in [6.45, 7) is 7.46. The van der Waals surface area contributed by atoms with Crippen molar-refractivity contribution in [2.75, 3.05) is 6.61 Å². The molecule has 0 N–H and O–H groups in total. The van der Waals surface area contributed by atoms with Gasteiger partial charge in [-0.1, -0.05) is 67.6 Å². The van der Waals surface area contributed by atoms with Gasteiger partial charge in [0.15, 0.2) is 9.76 Å². The summed E-state index contributed by atoms with van der Waals surface area (Å²) in [5, 5.41) is 0. The molecular formula is C20H26OSi. The molecule has 1 nitrogen and oxygen atoms in total. The van der Waals surface area contributed by atoms with Gasteiger partial charge in [0.05, 0.1) is 0 Å². The zero-order valence-corrected chi connectivity index (χ0v) is 15.3. The predicted octanol–water partition coefficient (Wildman–Crippen LogP) is 4.59. The molecule has 2 heteroatoms. The van der Waals surface area contributed by atoms with Gasteiger partial charge in [-0.05, 0) is 48.1 Å². The van der Waals surface area contributed by atoms with Crippen LogP contribution in [0, 0.1) is 13.8 Å². The van der Waals surface area contributed by atoms with Crippen LogP contribution in [0.15, 0.2) is 54.2 Å². The van der Waals surface area contributed by atoms with E-state index in [1.165, 1.54) is 34.2 Å². The fraction of sp³-hybridized carbons (Fsp3) is 0.300. The van der Waals surface area contributed by atoms with Gasteiger partial charge in [0.1, 0.15) is 0 Å². The molecule has 2 aromatic rings. The number of unbranched alkanes of at least 4 members (excludes halogenated alkanes) is 1. The summed E-state index contributed by atoms with van der Waals surface area (Å²) in [5.74, 6) is 0. The van der Waals surface area contributed by atoms with Gasteiger partial charge < -0.3 is 4.43 Å². The molecule has 0 saturated carbocycles. The summed E-state index contributed by atoms with van der Waals surface area (Å²) in [4.78, 5) is 0. The lowest BCUT2D eigenvalue weighted by atomic mass is 9.93. The molecule has 0 spiro atoms. The molecule has 116 valence electrons. The largest absolute Gasteiger partial charge is 0.419 e. The third-order valence-corrected chi connectivity index (χ3v) is 5.02. The summed E-state index contributed by atoms with van der Waals surface area (Å²) >= 11 is 0. The van der Waals surface area contributed by atoms with Crippen LogP contribution in [0.5, 0.6) is 0 Å². The zero-order valence-electron chi connectivity index (χ0n) is 13.9. The topological polar surface area (TPSA) is 9.23 Å². The quantitative estimate of drug-likeness (QED) is 0.537. The molecule has 0 atom stereocenters. The Labute approximate surface area is 137 Å². The molecule has 0 aromatic heterocycles. The fourth-order valence-electron chi connectivity index (χ4n) is 2.59. The highest BCUT2D eigenvalue weighted by molar-refractivity contribution is 6.37. The smallest absolute Gasteiger partial charge is 0.185 e. The molecule has 22 heavy (non-hydrogen) atoms. The first-order valence-electron chi connectivity index (χ1n) is 8.14. The van der Waals surface area contributed by atoms with E-state index in [4.69, 9.17) is 4.43 Å². The summed E-state index contributed by atoms with van der Waals surface area (Å²) in [6.07, 6.45) is 2.35. The molecule has 0 aliphatic rings. The van der Waals surface area contributed by atoms with E-state index in [9.17, 15) is 0 Å². The van der Waals surface area contributed by atoms with Gasteiger partial charge in [0, 0.05) is 6.61 Å². The highest BCUT2D eigenvalue weighted by Crippen LogP contribution is 2.28. The van der Waals surface area contributed by atoms with E-state index in [1.807, 2.05) is 0 Å². The van der Waals surface area contributed by atoms with Crippen LogP contribution in [0.1, 0.15) is 42.0 Å². The Morgan fingerprint density at radius 2 is 1.50 bits per heavy atom. The summed E-state index contributed by atoms with van der Waals surface area (Å²) < 4.78 is 5.89. The van der Waals surface area contributed by atoms with Crippen molar-refractivity contribution in [2.24, 2.45) is 0 Å². The molecule has 0 aliphatic heterocycles. The van der Waals surface area contributed by atoms with E-state index in [2.05, 4.69) is 75.0 Å². The van der Waals surface area contributed by atoms with Crippen LogP contribution in [0.2, 0.25) is 0 Å². The van der Waals surface area contributed by atoms with E-state index in [1.54, 1.807) is 0 Å². The maximum Gasteiger partial charge on any atom is 0.185 e. The van der Waals surface area contributed by atoms with E-state index in [0.717, 1.165) is 13.0 Å². The van der Waals surface area contributed by atoms with Gasteiger partial charge >= 0.3 is 0 Å². The normalized spacial score (nSPS) is 11.0. The Morgan fingerprint density at radius 1 is 0.955 bits per heavy atom. The van der Waals surface area contributed by atoms with E-state index < -0.39 is 9.76 Å². The summed E-state index contributed by atoms with van der Waals surface area (Å²) in [7, 11) is -0.638. The van der Waals surface area contributed by atoms with Gasteiger partial charge in [-0.3, -0.25) is 0 Å². The third-order valence-electron chi connectivity index (χ3n) is 3.92. The molecule has 0 radical (unpaired) electrons. The average Bonchev–Trinajstić information content (AvgIpc) is 2.53. The summed E-state index contributed by atoms with van der Waals surface area (Å²) in [6, 6.07) is 17.2. The van der Waals surface area contributed by atoms with Crippen LogP contribution in [0.4, 0.5) is 0 Å². The first-order chi connectivity index (χ1) is 10.7. The Morgan fingerprint density at radius 3 is 2.00 bits per heavy atom. The van der Waals surface area contributed by atoms with Gasteiger partial charge in [-0.25, -0.2) is 0 Å². The Kier molecular flexibility index (Phi) is 6.62. The van der Waals surface area contributed by atoms with Gasteiger partial charge in [0.2, 0.25) is 0 Å². The predicted molar refractivity (Wildman–Crippen MR) is 98.8 cm³/mol. The van der Waals surface area contributed by atoms with Crippen molar-refractivity contribution < 1.29 is 4.43 Å². The first kappa shape index (κ1) is 16.7. The van der Waals surface area contributed by atoms with Crippen LogP contribution in [0.3, 0.4) is 0 Å². The number of aryl methyl sites for hydroxylation is 2. The second-order valence-corrected chi connectivity index (χ2v) is 6.83. The zero-order chi connectivity index (χ0) is 15.8. The van der Waals surface area contributed by atoms with Crippen LogP contribution < -0.4 is 0 Å². The highest BCUT2D eigenvalue weighted by atomic mass is 28.2. The molecule has 0 bridgehead atoms. The molecule has 0 amide bonds. The highest BCUT2D eigenvalue weighted by Gasteiger charge is 2.09. The Balaban J connectivity index is 2.31. The average molecular weight is 311 g/mol. The maximum absolute atomic E-state index is 5.89. The Hall–Kier alpha value is -1.64. The van der Waals surface area contributed by atoms with Crippen LogP contribution >= 0.6 is 0 Å². The minimum atomic E-state index is -0.638. The van der Waals surface area contributed by atoms with Crippen molar-refractivity contribution in [1.29, 1.82) is 0 Å². The maximum atomic E-state index is 5.89. The molecule has 2 aromatic carbocycles. The fourth-order valence-corrected chi connectivity index (χ4v) is 3.68. The number of hydrogen-bond donors (Lipinski definition) is 0. The van der Waals surface area contributed by atoms with Crippen molar-refractivity contribution in [2.45, 2.75) is 33.6 Å². The lowest BCUT2D eigenvalue weighted by molar-refractivity contribution is 0.331. The molecule has 0 aliphatic carbocycles. The Bertz CT molecular complexity index is 584. The van der Waals surface area contributed by atoms with Crippen LogP contribution in [0.25, 0.3) is 5.57 Å². The van der Waals surface area contributed by atoms with E-state index in [-0.39, 0.29) is 0 Å². The lowest BCUT2D eigenvalue weighted by Crippen LogP contribution is -2.01. The second kappa shape index (κ2) is 8.72. The lowest BCUT2D eigenvalue weighted by Gasteiger charge is -2.14. The van der Waals surface area contributed by atoms with Crippen molar-refractivity contribution in [3.8, 4) is 0 Å². The molecular weight excluding hydrogens is 284 g/mol. The van der Waals surface area contributed by atoms with Gasteiger partial charge in [-0.15, -0.1) is 0 Å². The minimum Gasteiger partial charge on any atom is -0.419 e. The van der Waals surface area contributed by atoms with E-state index >= 15 is 0 Å². The second-order valence-electron chi connectivity index (χ2n) is 5.68. The van der Waals surface area contributed by atoms with Gasteiger partial charge in [0.25, 0.3) is 0 Å². The van der Waals surface area contributed by atoms with Crippen molar-refractivity contribution in [3.05, 3.63) is 76.5 Å².